The minimum Gasteiger partial charge on any atom is -0.396 e. The Labute approximate surface area is 582 Å². The van der Waals surface area contributed by atoms with Gasteiger partial charge in [0.1, 0.15) is 33.2 Å². The Morgan fingerprint density at radius 1 is 0.449 bits per heavy atom. The van der Waals surface area contributed by atoms with Crippen molar-refractivity contribution in [2.24, 2.45) is 10.8 Å². The summed E-state index contributed by atoms with van der Waals surface area (Å²) in [6.45, 7) is 18.6. The number of hydrogen-bond donors (Lipinski definition) is 4. The number of hydroxylamine groups is 4. The Hall–Kier alpha value is -8.36. The Balaban J connectivity index is -0.000000178. The standard InChI is InChI=1S/C31H50N4O12.C27H40N4O8.4CH2O.4CH4.4H2/c1-23(32(44)19-3-7-29(42)46-34-25(38)9-10-26(34)39)13-17-31(15-5-21-36,16-6-22-37)18-14-24(2)33(45)20-4-8-30(43)47-35-27(40)11-12-28(35)41;1-20(29(38)17-16-28-23(34)6-7-24(28)35)10-14-27(12-4-18-32,13-5-19-33)15-11-21(2)31(39)22(3)30-25(36)8-9-26(30)37;4*1-2;;;;;;;;/h23-24,36-37H,3-22H2,1-2H3;6-9,20-21,32-33H,3-5,10-19H2,1-2H3;4*1H2;4*1H4;4*1H/q2*+2;;;;;;;;;;;;. The summed E-state index contributed by atoms with van der Waals surface area (Å²) in [5, 5.41) is 39.2. The maximum atomic E-state index is 12.9. The molecule has 32 heteroatoms. The molecule has 0 bridgehead atoms. The number of imide groups is 4. The zero-order valence-corrected chi connectivity index (χ0v) is 54.8. The van der Waals surface area contributed by atoms with Gasteiger partial charge in [-0.1, -0.05) is 34.6 Å². The summed E-state index contributed by atoms with van der Waals surface area (Å²) in [6, 6.07) is -1.84. The lowest BCUT2D eigenvalue weighted by atomic mass is 9.71. The third-order valence-corrected chi connectivity index (χ3v) is 16.4. The van der Waals surface area contributed by atoms with Crippen LogP contribution in [0.4, 0.5) is 0 Å². The average Bonchev–Trinajstić information content (AvgIpc) is 1.40. The second kappa shape index (κ2) is 55.6. The van der Waals surface area contributed by atoms with Crippen LogP contribution in [0.2, 0.25) is 0 Å². The SMILES string of the molecule is C.C.C.C.C=C(N1C(=O)C=CC1=O)[N+](=O)C(C)CCC(CCCO)(CCCO)CCC(C)[N+](=O)CCN1C(=O)C=CC1=O.C=O.C=O.C=O.C=O.CC(CCC(CCCO)(CCCO)CCC(C)[N+](=O)CCCC(=O)ON1C(=O)CCC1=O)[N+](=O)CCCC(=O)ON1C(=O)CCC1=O.[HH].[HH].[HH].[HH]. The van der Waals surface area contributed by atoms with Crippen LogP contribution in [0.15, 0.2) is 36.7 Å². The van der Waals surface area contributed by atoms with Gasteiger partial charge in [-0.05, 0) is 113 Å². The molecule has 0 spiro atoms. The molecule has 8 amide bonds. The third-order valence-electron chi connectivity index (χ3n) is 16.4. The highest BCUT2D eigenvalue weighted by molar-refractivity contribution is 6.14. The molecular formula is C66H122N8O24+4. The molecule has 4 aliphatic heterocycles. The molecule has 4 atom stereocenters. The molecule has 4 heterocycles. The summed E-state index contributed by atoms with van der Waals surface area (Å²) in [4.78, 5) is 213. The Kier molecular flexibility index (Phi) is 57.1. The van der Waals surface area contributed by atoms with Crippen LogP contribution >= 0.6 is 0 Å². The van der Waals surface area contributed by atoms with Gasteiger partial charge in [0.15, 0.2) is 31.2 Å². The van der Waals surface area contributed by atoms with Crippen molar-refractivity contribution in [2.45, 2.75) is 236 Å². The van der Waals surface area contributed by atoms with Crippen LogP contribution in [-0.4, -0.2) is 223 Å². The summed E-state index contributed by atoms with van der Waals surface area (Å²) in [6.07, 6.45) is 13.4. The first-order chi connectivity index (χ1) is 44.8. The number of aliphatic hydroxyl groups excluding tert-OH is 4. The maximum absolute atomic E-state index is 12.9. The molecular weight excluding hydrogens is 1290 g/mol. The van der Waals surface area contributed by atoms with Crippen LogP contribution in [0.5, 0.6) is 0 Å². The fraction of sp³-hybridized carbons (Fsp3) is 0.697. The molecule has 0 aromatic rings. The largest absolute Gasteiger partial charge is 0.396 e. The highest BCUT2D eigenvalue weighted by atomic mass is 16.7. The summed E-state index contributed by atoms with van der Waals surface area (Å²) < 4.78 is 3.17. The summed E-state index contributed by atoms with van der Waals surface area (Å²) in [5.41, 5.74) is -0.713. The highest BCUT2D eigenvalue weighted by Gasteiger charge is 2.42. The number of aliphatic hydroxyl groups is 4. The molecule has 0 aromatic heterocycles. The predicted octanol–water partition coefficient (Wildman–Crippen LogP) is 6.71. The smallest absolute Gasteiger partial charge is 0.342 e. The van der Waals surface area contributed by atoms with Crippen LogP contribution in [0.1, 0.15) is 217 Å². The van der Waals surface area contributed by atoms with Gasteiger partial charge >= 0.3 is 29.6 Å². The second-order valence-electron chi connectivity index (χ2n) is 22.8. The molecule has 4 N–H and O–H groups in total. The van der Waals surface area contributed by atoms with Gasteiger partial charge in [-0.25, -0.2) is 19.2 Å². The van der Waals surface area contributed by atoms with E-state index in [1.807, 2.05) is 27.2 Å². The van der Waals surface area contributed by atoms with Crippen LogP contribution in [0.3, 0.4) is 0 Å². The first-order valence-electron chi connectivity index (χ1n) is 31.1. The first kappa shape index (κ1) is 101. The van der Waals surface area contributed by atoms with Gasteiger partial charge < -0.3 is 49.3 Å². The molecule has 0 aliphatic carbocycles. The van der Waals surface area contributed by atoms with Gasteiger partial charge in [0.05, 0.1) is 19.4 Å². The quantitative estimate of drug-likeness (QED) is 0.0364. The maximum Gasteiger partial charge on any atom is 0.342 e. The Morgan fingerprint density at radius 2 is 0.714 bits per heavy atom. The van der Waals surface area contributed by atoms with Gasteiger partial charge in [-0.3, -0.25) is 33.7 Å². The van der Waals surface area contributed by atoms with Crippen molar-refractivity contribution in [1.29, 1.82) is 0 Å². The highest BCUT2D eigenvalue weighted by Crippen LogP contribution is 2.42. The third kappa shape index (κ3) is 35.2. The van der Waals surface area contributed by atoms with Crippen LogP contribution in [0, 0.1) is 30.5 Å². The lowest BCUT2D eigenvalue weighted by Crippen LogP contribution is -2.37. The molecule has 2 fully saturated rings. The van der Waals surface area contributed by atoms with Crippen molar-refractivity contribution in [3.05, 3.63) is 56.3 Å². The van der Waals surface area contributed by atoms with E-state index in [-0.39, 0.29) is 156 Å². The van der Waals surface area contributed by atoms with Crippen LogP contribution in [0.25, 0.3) is 0 Å². The molecule has 566 valence electrons. The predicted molar refractivity (Wildman–Crippen MR) is 367 cm³/mol. The monoisotopic (exact) mass is 1410 g/mol. The van der Waals surface area contributed by atoms with E-state index < -0.39 is 83.4 Å². The molecule has 4 rings (SSSR count). The van der Waals surface area contributed by atoms with E-state index >= 15 is 0 Å². The molecule has 98 heavy (non-hydrogen) atoms. The van der Waals surface area contributed by atoms with Gasteiger partial charge in [0, 0.05) is 164 Å². The normalized spacial score (nSPS) is 14.8. The topological polar surface area (TPSA) is 432 Å². The summed E-state index contributed by atoms with van der Waals surface area (Å²) >= 11 is 0. The number of carbonyl (C=O) groups excluding carboxylic acids is 14. The van der Waals surface area contributed by atoms with Gasteiger partial charge in [-0.2, -0.15) is 0 Å². The molecule has 0 radical (unpaired) electrons. The van der Waals surface area contributed by atoms with E-state index in [2.05, 4.69) is 6.58 Å². The molecule has 4 aliphatic rings. The van der Waals surface area contributed by atoms with E-state index in [0.29, 0.717) is 118 Å². The van der Waals surface area contributed by atoms with E-state index in [1.165, 1.54) is 12.2 Å². The molecule has 4 unspecified atom stereocenters. The number of nitrogens with zero attached hydrogens (tertiary/aromatic N) is 8. The summed E-state index contributed by atoms with van der Waals surface area (Å²) in [5.74, 6) is -6.18. The van der Waals surface area contributed by atoms with Crippen molar-refractivity contribution in [2.75, 3.05) is 52.6 Å². The van der Waals surface area contributed by atoms with E-state index in [1.54, 1.807) is 27.7 Å². The number of nitroso groups, excluding NO2 is 4. The lowest BCUT2D eigenvalue weighted by Gasteiger charge is -2.35. The van der Waals surface area contributed by atoms with Crippen LogP contribution < -0.4 is 0 Å². The van der Waals surface area contributed by atoms with E-state index in [4.69, 9.17) is 28.9 Å². The number of amides is 8. The van der Waals surface area contributed by atoms with Gasteiger partial charge in [0.25, 0.3) is 35.4 Å². The number of hydrogen-bond acceptors (Lipinski definition) is 24. The number of rotatable bonds is 43. The van der Waals surface area contributed by atoms with Crippen molar-refractivity contribution >= 4 is 86.4 Å². The van der Waals surface area contributed by atoms with Crippen molar-refractivity contribution in [1.82, 2.24) is 19.9 Å². The van der Waals surface area contributed by atoms with Crippen LogP contribution in [-0.2, 0) is 76.8 Å². The molecule has 0 aromatic carbocycles. The van der Waals surface area contributed by atoms with E-state index in [0.717, 1.165) is 36.2 Å². The van der Waals surface area contributed by atoms with Crippen molar-refractivity contribution < 1.29 is 122 Å². The average molecular weight is 1410 g/mol. The second-order valence-corrected chi connectivity index (χ2v) is 22.8. The minimum atomic E-state index is -0.766. The minimum absolute atomic E-state index is 0. The van der Waals surface area contributed by atoms with Gasteiger partial charge in [0.2, 0.25) is 6.54 Å². The lowest BCUT2D eigenvalue weighted by molar-refractivity contribution is -0.584. The van der Waals surface area contributed by atoms with Gasteiger partial charge in [-0.15, -0.1) is 15.0 Å². The fourth-order valence-electron chi connectivity index (χ4n) is 10.8. The first-order valence-corrected chi connectivity index (χ1v) is 31.1. The molecule has 32 nitrogen and oxygen atoms in total. The number of carbonyl (C=O) groups is 14. The fourth-order valence-corrected chi connectivity index (χ4v) is 10.8. The Bertz CT molecular complexity index is 2490. The zero-order chi connectivity index (χ0) is 72.1. The van der Waals surface area contributed by atoms with Crippen molar-refractivity contribution in [3.8, 4) is 0 Å². The summed E-state index contributed by atoms with van der Waals surface area (Å²) in [7, 11) is 0. The zero-order valence-electron chi connectivity index (χ0n) is 54.8. The van der Waals surface area contributed by atoms with Crippen molar-refractivity contribution in [3.63, 3.8) is 0 Å². The molecule has 2 saturated heterocycles. The molecule has 0 saturated carbocycles. The van der Waals surface area contributed by atoms with E-state index in [9.17, 15) is 88.0 Å². The Morgan fingerprint density at radius 3 is 1.00 bits per heavy atom.